The number of carbonyl (C=O) groups is 2. The monoisotopic (exact) mass is 337 g/mol. The van der Waals surface area contributed by atoms with Crippen molar-refractivity contribution in [2.24, 2.45) is 5.92 Å². The number of benzene rings is 1. The molecule has 1 aliphatic heterocycles. The largest absolute Gasteiger partial charge is 0.491 e. The number of rotatable bonds is 6. The molecule has 0 spiro atoms. The van der Waals surface area contributed by atoms with Gasteiger partial charge < -0.3 is 25.0 Å². The van der Waals surface area contributed by atoms with Gasteiger partial charge in [-0.25, -0.2) is 4.79 Å². The number of aliphatic hydroxyl groups is 2. The standard InChI is InChI=1S/C17H23NO6/c1-10(2)7-15(20)18-8-14(19)16(21)13(18)9-24-12-5-3-11(4-6-12)17(22)23/h3-6,10,13-14,16,19,21H,7-9H2,1-2H3,(H,22,23)/t13-,14+,16?/m1/s1. The Hall–Kier alpha value is -2.12. The Bertz CT molecular complexity index is 585. The van der Waals surface area contributed by atoms with Crippen LogP contribution in [-0.2, 0) is 4.79 Å². The van der Waals surface area contributed by atoms with Gasteiger partial charge in [-0.2, -0.15) is 0 Å². The number of β-amino-alcohol motifs (C(OH)–C–C–N with tert-alkyl or cyclic N) is 1. The zero-order chi connectivity index (χ0) is 17.9. The van der Waals surface area contributed by atoms with Crippen LogP contribution in [0.5, 0.6) is 5.75 Å². The van der Waals surface area contributed by atoms with E-state index in [0.717, 1.165) is 0 Å². The van der Waals surface area contributed by atoms with Gasteiger partial charge in [0.25, 0.3) is 0 Å². The molecular formula is C17H23NO6. The van der Waals surface area contributed by atoms with Crippen LogP contribution in [0.25, 0.3) is 0 Å². The Morgan fingerprint density at radius 2 is 1.88 bits per heavy atom. The van der Waals surface area contributed by atoms with E-state index in [9.17, 15) is 19.8 Å². The molecule has 3 N–H and O–H groups in total. The predicted octanol–water partition coefficient (Wildman–Crippen LogP) is 0.742. The number of carboxylic acids is 1. The second-order valence-electron chi connectivity index (χ2n) is 6.41. The summed E-state index contributed by atoms with van der Waals surface area (Å²) < 4.78 is 5.57. The average molecular weight is 337 g/mol. The van der Waals surface area contributed by atoms with Gasteiger partial charge in [0, 0.05) is 13.0 Å². The lowest BCUT2D eigenvalue weighted by Gasteiger charge is -2.26. The third kappa shape index (κ3) is 4.24. The lowest BCUT2D eigenvalue weighted by molar-refractivity contribution is -0.134. The molecule has 7 nitrogen and oxygen atoms in total. The van der Waals surface area contributed by atoms with Crippen LogP contribution in [0.2, 0.25) is 0 Å². The second kappa shape index (κ2) is 7.63. The van der Waals surface area contributed by atoms with Gasteiger partial charge in [0.15, 0.2) is 0 Å². The van der Waals surface area contributed by atoms with Crippen LogP contribution in [0.15, 0.2) is 24.3 Å². The molecule has 1 heterocycles. The molecule has 3 atom stereocenters. The summed E-state index contributed by atoms with van der Waals surface area (Å²) in [6.45, 7) is 3.96. The van der Waals surface area contributed by atoms with E-state index in [1.165, 1.54) is 29.2 Å². The van der Waals surface area contributed by atoms with Crippen molar-refractivity contribution in [1.29, 1.82) is 0 Å². The predicted molar refractivity (Wildman–Crippen MR) is 85.9 cm³/mol. The quantitative estimate of drug-likeness (QED) is 0.707. The summed E-state index contributed by atoms with van der Waals surface area (Å²) in [6, 6.07) is 5.23. The van der Waals surface area contributed by atoms with Crippen molar-refractivity contribution < 1.29 is 29.6 Å². The second-order valence-corrected chi connectivity index (χ2v) is 6.41. The molecule has 0 bridgehead atoms. The molecule has 0 saturated carbocycles. The normalized spacial score (nSPS) is 23.5. The maximum atomic E-state index is 12.3. The van der Waals surface area contributed by atoms with Gasteiger partial charge in [-0.1, -0.05) is 13.8 Å². The first-order chi connectivity index (χ1) is 11.3. The summed E-state index contributed by atoms with van der Waals surface area (Å²) in [5.41, 5.74) is 0.146. The SMILES string of the molecule is CC(C)CC(=O)N1C[C@H](O)C(O)[C@H]1COc1ccc(C(=O)O)cc1. The number of ether oxygens (including phenoxy) is 1. The molecule has 0 aromatic heterocycles. The van der Waals surface area contributed by atoms with Crippen LogP contribution in [-0.4, -0.2) is 63.5 Å². The minimum atomic E-state index is -1.07. The first kappa shape index (κ1) is 18.2. The van der Waals surface area contributed by atoms with Gasteiger partial charge in [0.1, 0.15) is 18.5 Å². The molecule has 1 amide bonds. The summed E-state index contributed by atoms with van der Waals surface area (Å²) >= 11 is 0. The van der Waals surface area contributed by atoms with Crippen LogP contribution in [0.1, 0.15) is 30.6 Å². The van der Waals surface area contributed by atoms with E-state index in [2.05, 4.69) is 0 Å². The summed E-state index contributed by atoms with van der Waals surface area (Å²) in [7, 11) is 0. The third-order valence-corrected chi connectivity index (χ3v) is 4.00. The Morgan fingerprint density at radius 1 is 1.25 bits per heavy atom. The fourth-order valence-corrected chi connectivity index (χ4v) is 2.70. The van der Waals surface area contributed by atoms with Gasteiger partial charge in [-0.05, 0) is 30.2 Å². The maximum Gasteiger partial charge on any atom is 0.335 e. The van der Waals surface area contributed by atoms with E-state index in [4.69, 9.17) is 9.84 Å². The van der Waals surface area contributed by atoms with Gasteiger partial charge in [-0.3, -0.25) is 4.79 Å². The average Bonchev–Trinajstić information content (AvgIpc) is 2.80. The van der Waals surface area contributed by atoms with Gasteiger partial charge in [0.05, 0.1) is 17.7 Å². The number of carboxylic acid groups (broad SMARTS) is 1. The molecule has 1 saturated heterocycles. The minimum absolute atomic E-state index is 0.0223. The van der Waals surface area contributed by atoms with E-state index < -0.39 is 24.2 Å². The Kier molecular flexibility index (Phi) is 5.80. The summed E-state index contributed by atoms with van der Waals surface area (Å²) in [4.78, 5) is 24.5. The molecule has 7 heteroatoms. The molecule has 0 radical (unpaired) electrons. The number of amides is 1. The van der Waals surface area contributed by atoms with Crippen LogP contribution >= 0.6 is 0 Å². The molecule has 1 aromatic carbocycles. The number of aliphatic hydroxyl groups excluding tert-OH is 2. The van der Waals surface area contributed by atoms with E-state index >= 15 is 0 Å². The maximum absolute atomic E-state index is 12.3. The molecule has 24 heavy (non-hydrogen) atoms. The van der Waals surface area contributed by atoms with Crippen molar-refractivity contribution in [3.63, 3.8) is 0 Å². The van der Waals surface area contributed by atoms with E-state index in [0.29, 0.717) is 12.2 Å². The van der Waals surface area contributed by atoms with Gasteiger partial charge in [0.2, 0.25) is 5.91 Å². The van der Waals surface area contributed by atoms with E-state index in [1.807, 2.05) is 13.8 Å². The number of aromatic carboxylic acids is 1. The smallest absolute Gasteiger partial charge is 0.335 e. The van der Waals surface area contributed by atoms with Crippen molar-refractivity contribution in [3.8, 4) is 5.75 Å². The Labute approximate surface area is 140 Å². The molecule has 132 valence electrons. The summed E-state index contributed by atoms with van der Waals surface area (Å²) in [5.74, 6) is -0.542. The molecule has 1 fully saturated rings. The van der Waals surface area contributed by atoms with Crippen molar-refractivity contribution >= 4 is 11.9 Å². The van der Waals surface area contributed by atoms with Crippen molar-refractivity contribution in [1.82, 2.24) is 4.90 Å². The highest BCUT2D eigenvalue weighted by Gasteiger charge is 2.42. The van der Waals surface area contributed by atoms with Crippen LogP contribution < -0.4 is 4.74 Å². The third-order valence-electron chi connectivity index (χ3n) is 4.00. The molecule has 1 unspecified atom stereocenters. The van der Waals surface area contributed by atoms with Gasteiger partial charge in [-0.15, -0.1) is 0 Å². The summed E-state index contributed by atoms with van der Waals surface area (Å²) in [6.07, 6.45) is -1.73. The lowest BCUT2D eigenvalue weighted by atomic mass is 10.1. The Morgan fingerprint density at radius 3 is 2.42 bits per heavy atom. The van der Waals surface area contributed by atoms with E-state index in [-0.39, 0.29) is 30.5 Å². The highest BCUT2D eigenvalue weighted by atomic mass is 16.5. The first-order valence-electron chi connectivity index (χ1n) is 7.91. The molecule has 1 aromatic rings. The van der Waals surface area contributed by atoms with Crippen molar-refractivity contribution in [3.05, 3.63) is 29.8 Å². The zero-order valence-corrected chi connectivity index (χ0v) is 13.8. The molecular weight excluding hydrogens is 314 g/mol. The van der Waals surface area contributed by atoms with Crippen molar-refractivity contribution in [2.45, 2.75) is 38.5 Å². The van der Waals surface area contributed by atoms with Crippen LogP contribution in [0.3, 0.4) is 0 Å². The molecule has 0 aliphatic carbocycles. The van der Waals surface area contributed by atoms with Crippen LogP contribution in [0.4, 0.5) is 0 Å². The molecule has 1 aliphatic rings. The molecule has 2 rings (SSSR count). The fourth-order valence-electron chi connectivity index (χ4n) is 2.70. The topological polar surface area (TPSA) is 107 Å². The Balaban J connectivity index is 2.02. The van der Waals surface area contributed by atoms with Gasteiger partial charge >= 0.3 is 5.97 Å². The lowest BCUT2D eigenvalue weighted by Crippen LogP contribution is -2.44. The highest BCUT2D eigenvalue weighted by Crippen LogP contribution is 2.22. The first-order valence-corrected chi connectivity index (χ1v) is 7.91. The minimum Gasteiger partial charge on any atom is -0.491 e. The summed E-state index contributed by atoms with van der Waals surface area (Å²) in [5, 5.41) is 28.8. The zero-order valence-electron chi connectivity index (χ0n) is 13.8. The van der Waals surface area contributed by atoms with Crippen molar-refractivity contribution in [2.75, 3.05) is 13.2 Å². The number of hydrogen-bond donors (Lipinski definition) is 3. The number of nitrogens with zero attached hydrogens (tertiary/aromatic N) is 1. The van der Waals surface area contributed by atoms with Crippen LogP contribution in [0, 0.1) is 5.92 Å². The number of likely N-dealkylation sites (tertiary alicyclic amines) is 1. The number of hydrogen-bond acceptors (Lipinski definition) is 5. The van der Waals surface area contributed by atoms with E-state index in [1.54, 1.807) is 0 Å². The fraction of sp³-hybridized carbons (Fsp3) is 0.529. The highest BCUT2D eigenvalue weighted by molar-refractivity contribution is 5.87. The number of carbonyl (C=O) groups excluding carboxylic acids is 1.